The van der Waals surface area contributed by atoms with Crippen molar-refractivity contribution in [3.05, 3.63) is 11.9 Å². The van der Waals surface area contributed by atoms with E-state index in [2.05, 4.69) is 10.3 Å². The van der Waals surface area contributed by atoms with Crippen LogP contribution in [-0.2, 0) is 11.3 Å². The first-order valence-corrected chi connectivity index (χ1v) is 5.62. The predicted octanol–water partition coefficient (Wildman–Crippen LogP) is -0.655. The molecule has 1 rings (SSSR count). The summed E-state index contributed by atoms with van der Waals surface area (Å²) in [5.41, 5.74) is 5.72. The fourth-order valence-electron chi connectivity index (χ4n) is 1.28. The molecular formula is C10H19N5O2. The van der Waals surface area contributed by atoms with Gasteiger partial charge in [0, 0.05) is 26.7 Å². The molecule has 96 valence electrons. The van der Waals surface area contributed by atoms with Crippen LogP contribution < -0.4 is 5.73 Å². The molecule has 0 saturated carbocycles. The number of carbonyl (C=O) groups excluding carboxylic acids is 1. The number of rotatable bonds is 7. The lowest BCUT2D eigenvalue weighted by atomic mass is 10.4. The summed E-state index contributed by atoms with van der Waals surface area (Å²) >= 11 is 0. The maximum Gasteiger partial charge on any atom is 0.275 e. The van der Waals surface area contributed by atoms with Crippen LogP contribution in [0.2, 0.25) is 0 Å². The quantitative estimate of drug-likeness (QED) is 0.641. The minimum absolute atomic E-state index is 0.159. The number of nitrogens with two attached hydrogens (primary N) is 1. The van der Waals surface area contributed by atoms with Gasteiger partial charge in [-0.2, -0.15) is 0 Å². The average molecular weight is 241 g/mol. The predicted molar refractivity (Wildman–Crippen MR) is 62.5 cm³/mol. The molecule has 1 heterocycles. The first kappa shape index (κ1) is 13.6. The van der Waals surface area contributed by atoms with Gasteiger partial charge in [-0.25, -0.2) is 0 Å². The standard InChI is InChI=1S/C10H19N5O2/c1-3-17-7-6-14(2)10(16)9-8-15(5-4-11)13-12-9/h8H,3-7,11H2,1-2H3. The van der Waals surface area contributed by atoms with Crippen LogP contribution in [-0.4, -0.2) is 59.2 Å². The number of hydrogen-bond acceptors (Lipinski definition) is 5. The molecule has 0 aromatic carbocycles. The summed E-state index contributed by atoms with van der Waals surface area (Å²) < 4.78 is 6.74. The first-order valence-electron chi connectivity index (χ1n) is 5.62. The zero-order valence-electron chi connectivity index (χ0n) is 10.3. The van der Waals surface area contributed by atoms with Crippen molar-refractivity contribution in [2.45, 2.75) is 13.5 Å². The third-order valence-electron chi connectivity index (χ3n) is 2.24. The fourth-order valence-corrected chi connectivity index (χ4v) is 1.28. The van der Waals surface area contributed by atoms with E-state index in [9.17, 15) is 4.79 Å². The third-order valence-corrected chi connectivity index (χ3v) is 2.24. The van der Waals surface area contributed by atoms with Gasteiger partial charge in [-0.1, -0.05) is 5.21 Å². The van der Waals surface area contributed by atoms with E-state index in [4.69, 9.17) is 10.5 Å². The van der Waals surface area contributed by atoms with Gasteiger partial charge in [0.1, 0.15) is 0 Å². The number of carbonyl (C=O) groups is 1. The maximum absolute atomic E-state index is 11.9. The first-order chi connectivity index (χ1) is 8.19. The Balaban J connectivity index is 2.49. The summed E-state index contributed by atoms with van der Waals surface area (Å²) in [5, 5.41) is 7.62. The van der Waals surface area contributed by atoms with Crippen molar-refractivity contribution in [1.82, 2.24) is 19.9 Å². The lowest BCUT2D eigenvalue weighted by Gasteiger charge is -2.14. The maximum atomic E-state index is 11.9. The molecule has 0 bridgehead atoms. The second-order valence-corrected chi connectivity index (χ2v) is 3.58. The van der Waals surface area contributed by atoms with E-state index in [0.29, 0.717) is 38.5 Å². The molecule has 1 aromatic heterocycles. The van der Waals surface area contributed by atoms with E-state index in [0.717, 1.165) is 0 Å². The number of ether oxygens (including phenoxy) is 1. The van der Waals surface area contributed by atoms with Gasteiger partial charge in [0.2, 0.25) is 0 Å². The summed E-state index contributed by atoms with van der Waals surface area (Å²) in [5.74, 6) is -0.159. The minimum Gasteiger partial charge on any atom is -0.380 e. The van der Waals surface area contributed by atoms with Gasteiger partial charge < -0.3 is 15.4 Å². The molecule has 1 aromatic rings. The highest BCUT2D eigenvalue weighted by molar-refractivity contribution is 5.91. The van der Waals surface area contributed by atoms with E-state index in [1.54, 1.807) is 22.8 Å². The molecular weight excluding hydrogens is 222 g/mol. The Morgan fingerprint density at radius 2 is 2.41 bits per heavy atom. The second kappa shape index (κ2) is 6.97. The Bertz CT molecular complexity index is 352. The highest BCUT2D eigenvalue weighted by Crippen LogP contribution is 1.98. The number of hydrogen-bond donors (Lipinski definition) is 1. The average Bonchev–Trinajstić information content (AvgIpc) is 2.77. The van der Waals surface area contributed by atoms with Crippen molar-refractivity contribution in [2.75, 3.05) is 33.4 Å². The van der Waals surface area contributed by atoms with Crippen LogP contribution in [0, 0.1) is 0 Å². The smallest absolute Gasteiger partial charge is 0.275 e. The van der Waals surface area contributed by atoms with Crippen molar-refractivity contribution < 1.29 is 9.53 Å². The minimum atomic E-state index is -0.159. The highest BCUT2D eigenvalue weighted by atomic mass is 16.5. The summed E-state index contributed by atoms with van der Waals surface area (Å²) in [4.78, 5) is 13.4. The molecule has 0 unspecified atom stereocenters. The number of aromatic nitrogens is 3. The van der Waals surface area contributed by atoms with E-state index >= 15 is 0 Å². The highest BCUT2D eigenvalue weighted by Gasteiger charge is 2.15. The van der Waals surface area contributed by atoms with Gasteiger partial charge in [-0.15, -0.1) is 5.10 Å². The fraction of sp³-hybridized carbons (Fsp3) is 0.700. The molecule has 1 amide bonds. The molecule has 0 spiro atoms. The van der Waals surface area contributed by atoms with Gasteiger partial charge in [-0.3, -0.25) is 9.48 Å². The Morgan fingerprint density at radius 1 is 1.65 bits per heavy atom. The number of amides is 1. The van der Waals surface area contributed by atoms with Gasteiger partial charge in [0.25, 0.3) is 5.91 Å². The molecule has 0 aliphatic carbocycles. The van der Waals surface area contributed by atoms with Gasteiger partial charge in [0.15, 0.2) is 5.69 Å². The van der Waals surface area contributed by atoms with E-state index in [1.807, 2.05) is 6.92 Å². The molecule has 2 N–H and O–H groups in total. The molecule has 0 fully saturated rings. The zero-order valence-corrected chi connectivity index (χ0v) is 10.3. The summed E-state index contributed by atoms with van der Waals surface area (Å²) in [6, 6.07) is 0. The monoisotopic (exact) mass is 241 g/mol. The normalized spacial score (nSPS) is 10.5. The lowest BCUT2D eigenvalue weighted by molar-refractivity contribution is 0.0704. The van der Waals surface area contributed by atoms with Crippen LogP contribution in [0.15, 0.2) is 6.20 Å². The van der Waals surface area contributed by atoms with Gasteiger partial charge >= 0.3 is 0 Å². The Kier molecular flexibility index (Phi) is 5.58. The summed E-state index contributed by atoms with van der Waals surface area (Å²) in [7, 11) is 1.71. The van der Waals surface area contributed by atoms with Crippen LogP contribution in [0.25, 0.3) is 0 Å². The summed E-state index contributed by atoms with van der Waals surface area (Å²) in [6.07, 6.45) is 1.60. The van der Waals surface area contributed by atoms with Crippen LogP contribution in [0.1, 0.15) is 17.4 Å². The molecule has 0 aliphatic heterocycles. The van der Waals surface area contributed by atoms with E-state index in [-0.39, 0.29) is 5.91 Å². The second-order valence-electron chi connectivity index (χ2n) is 3.58. The molecule has 7 nitrogen and oxygen atoms in total. The van der Waals surface area contributed by atoms with Gasteiger partial charge in [0.05, 0.1) is 19.3 Å². The van der Waals surface area contributed by atoms with Crippen molar-refractivity contribution in [2.24, 2.45) is 5.73 Å². The topological polar surface area (TPSA) is 86.3 Å². The molecule has 7 heteroatoms. The van der Waals surface area contributed by atoms with Crippen molar-refractivity contribution in [3.63, 3.8) is 0 Å². The van der Waals surface area contributed by atoms with Gasteiger partial charge in [-0.05, 0) is 6.92 Å². The van der Waals surface area contributed by atoms with Crippen LogP contribution in [0.5, 0.6) is 0 Å². The largest absolute Gasteiger partial charge is 0.380 e. The zero-order chi connectivity index (χ0) is 12.7. The molecule has 17 heavy (non-hydrogen) atoms. The summed E-state index contributed by atoms with van der Waals surface area (Å²) in [6.45, 7) is 4.65. The molecule has 0 atom stereocenters. The van der Waals surface area contributed by atoms with Crippen LogP contribution in [0.3, 0.4) is 0 Å². The molecule has 0 radical (unpaired) electrons. The Hall–Kier alpha value is -1.47. The third kappa shape index (κ3) is 4.12. The molecule has 0 aliphatic rings. The number of nitrogens with zero attached hydrogens (tertiary/aromatic N) is 4. The van der Waals surface area contributed by atoms with E-state index in [1.165, 1.54) is 0 Å². The Labute approximate surface area is 101 Å². The SMILES string of the molecule is CCOCCN(C)C(=O)c1cn(CCN)nn1. The van der Waals surface area contributed by atoms with Crippen molar-refractivity contribution >= 4 is 5.91 Å². The lowest BCUT2D eigenvalue weighted by Crippen LogP contribution is -2.30. The van der Waals surface area contributed by atoms with Crippen molar-refractivity contribution in [1.29, 1.82) is 0 Å². The number of likely N-dealkylation sites (N-methyl/N-ethyl adjacent to an activating group) is 1. The van der Waals surface area contributed by atoms with Crippen LogP contribution >= 0.6 is 0 Å². The van der Waals surface area contributed by atoms with Crippen LogP contribution in [0.4, 0.5) is 0 Å². The molecule has 0 saturated heterocycles. The van der Waals surface area contributed by atoms with E-state index < -0.39 is 0 Å². The Morgan fingerprint density at radius 3 is 3.06 bits per heavy atom. The van der Waals surface area contributed by atoms with Crippen molar-refractivity contribution in [3.8, 4) is 0 Å².